The Kier molecular flexibility index (Phi) is 6.10. The van der Waals surface area contributed by atoms with Crippen molar-refractivity contribution < 1.29 is 9.47 Å². The SMILES string of the molecule is COC[C@H](C)NCc1nc(Cl)nc(N2CCOC[C@@H]2C)n1. The lowest BCUT2D eigenvalue weighted by Gasteiger charge is -2.33. The van der Waals surface area contributed by atoms with E-state index in [0.29, 0.717) is 38.1 Å². The monoisotopic (exact) mass is 315 g/mol. The number of ether oxygens (including phenoxy) is 2. The predicted molar refractivity (Wildman–Crippen MR) is 80.6 cm³/mol. The molecule has 1 aromatic heterocycles. The van der Waals surface area contributed by atoms with Gasteiger partial charge in [-0.2, -0.15) is 9.97 Å². The first-order valence-corrected chi connectivity index (χ1v) is 7.45. The van der Waals surface area contributed by atoms with Gasteiger partial charge < -0.3 is 19.7 Å². The summed E-state index contributed by atoms with van der Waals surface area (Å²) in [5.41, 5.74) is 0. The summed E-state index contributed by atoms with van der Waals surface area (Å²) in [6, 6.07) is 0.446. The van der Waals surface area contributed by atoms with Gasteiger partial charge in [0, 0.05) is 19.7 Å². The molecule has 118 valence electrons. The normalized spacial score (nSPS) is 20.6. The van der Waals surface area contributed by atoms with Gasteiger partial charge in [-0.05, 0) is 25.4 Å². The van der Waals surface area contributed by atoms with Crippen molar-refractivity contribution in [1.82, 2.24) is 20.3 Å². The lowest BCUT2D eigenvalue weighted by Crippen LogP contribution is -2.44. The van der Waals surface area contributed by atoms with Crippen molar-refractivity contribution in [2.75, 3.05) is 38.4 Å². The summed E-state index contributed by atoms with van der Waals surface area (Å²) in [6.07, 6.45) is 0. The largest absolute Gasteiger partial charge is 0.383 e. The number of hydrogen-bond donors (Lipinski definition) is 1. The first kappa shape index (κ1) is 16.4. The smallest absolute Gasteiger partial charge is 0.230 e. The van der Waals surface area contributed by atoms with E-state index in [1.807, 2.05) is 6.92 Å². The Bertz CT molecular complexity index is 462. The minimum Gasteiger partial charge on any atom is -0.383 e. The molecule has 1 aliphatic rings. The van der Waals surface area contributed by atoms with Gasteiger partial charge in [0.25, 0.3) is 0 Å². The van der Waals surface area contributed by atoms with Gasteiger partial charge in [0.05, 0.1) is 32.4 Å². The van der Waals surface area contributed by atoms with Crippen LogP contribution in [0.3, 0.4) is 0 Å². The van der Waals surface area contributed by atoms with Crippen LogP contribution in [0.2, 0.25) is 5.28 Å². The Balaban J connectivity index is 2.06. The van der Waals surface area contributed by atoms with Crippen molar-refractivity contribution in [2.24, 2.45) is 0 Å². The molecule has 0 unspecified atom stereocenters. The maximum absolute atomic E-state index is 6.02. The van der Waals surface area contributed by atoms with Crippen molar-refractivity contribution in [2.45, 2.75) is 32.5 Å². The van der Waals surface area contributed by atoms with Crippen LogP contribution in [0.1, 0.15) is 19.7 Å². The molecule has 0 aromatic carbocycles. The first-order chi connectivity index (χ1) is 10.1. The average molecular weight is 316 g/mol. The Morgan fingerprint density at radius 3 is 3.00 bits per heavy atom. The number of morpholine rings is 1. The molecule has 0 radical (unpaired) electrons. The molecule has 0 spiro atoms. The minimum atomic E-state index is 0.217. The zero-order valence-electron chi connectivity index (χ0n) is 12.7. The molecule has 1 aliphatic heterocycles. The van der Waals surface area contributed by atoms with E-state index in [-0.39, 0.29) is 17.4 Å². The molecule has 2 heterocycles. The first-order valence-electron chi connectivity index (χ1n) is 7.07. The quantitative estimate of drug-likeness (QED) is 0.835. The zero-order chi connectivity index (χ0) is 15.2. The van der Waals surface area contributed by atoms with E-state index in [4.69, 9.17) is 21.1 Å². The van der Waals surface area contributed by atoms with E-state index in [9.17, 15) is 0 Å². The third-order valence-electron chi connectivity index (χ3n) is 3.29. The van der Waals surface area contributed by atoms with Crippen LogP contribution in [0.4, 0.5) is 5.95 Å². The fourth-order valence-corrected chi connectivity index (χ4v) is 2.36. The highest BCUT2D eigenvalue weighted by Gasteiger charge is 2.22. The van der Waals surface area contributed by atoms with Crippen LogP contribution in [0.15, 0.2) is 0 Å². The molecule has 8 heteroatoms. The van der Waals surface area contributed by atoms with Crippen LogP contribution in [0, 0.1) is 0 Å². The van der Waals surface area contributed by atoms with E-state index in [2.05, 4.69) is 32.1 Å². The highest BCUT2D eigenvalue weighted by molar-refractivity contribution is 6.28. The Morgan fingerprint density at radius 2 is 2.29 bits per heavy atom. The van der Waals surface area contributed by atoms with Gasteiger partial charge in [-0.25, -0.2) is 4.98 Å². The molecular formula is C13H22ClN5O2. The molecular weight excluding hydrogens is 294 g/mol. The number of rotatable bonds is 6. The Hall–Kier alpha value is -1.02. The topological polar surface area (TPSA) is 72.4 Å². The summed E-state index contributed by atoms with van der Waals surface area (Å²) < 4.78 is 10.5. The van der Waals surface area contributed by atoms with Gasteiger partial charge in [-0.15, -0.1) is 0 Å². The molecule has 0 aliphatic carbocycles. The molecule has 0 amide bonds. The Labute approximate surface area is 130 Å². The second-order valence-electron chi connectivity index (χ2n) is 5.18. The molecule has 1 saturated heterocycles. The van der Waals surface area contributed by atoms with E-state index in [1.165, 1.54) is 0 Å². The molecule has 2 atom stereocenters. The van der Waals surface area contributed by atoms with Crippen molar-refractivity contribution in [3.63, 3.8) is 0 Å². The van der Waals surface area contributed by atoms with Crippen LogP contribution in [0.25, 0.3) is 0 Å². The molecule has 0 saturated carbocycles. The predicted octanol–water partition coefficient (Wildman–Crippen LogP) is 0.875. The van der Waals surface area contributed by atoms with Crippen molar-refractivity contribution in [3.8, 4) is 0 Å². The number of halogens is 1. The van der Waals surface area contributed by atoms with Gasteiger partial charge in [0.1, 0.15) is 5.82 Å². The van der Waals surface area contributed by atoms with Gasteiger partial charge in [-0.3, -0.25) is 0 Å². The van der Waals surface area contributed by atoms with Gasteiger partial charge in [-0.1, -0.05) is 0 Å². The minimum absolute atomic E-state index is 0.217. The Morgan fingerprint density at radius 1 is 1.48 bits per heavy atom. The number of nitrogens with zero attached hydrogens (tertiary/aromatic N) is 4. The molecule has 1 fully saturated rings. The van der Waals surface area contributed by atoms with E-state index < -0.39 is 0 Å². The summed E-state index contributed by atoms with van der Waals surface area (Å²) in [5.74, 6) is 1.24. The van der Waals surface area contributed by atoms with E-state index >= 15 is 0 Å². The number of hydrogen-bond acceptors (Lipinski definition) is 7. The van der Waals surface area contributed by atoms with Gasteiger partial charge >= 0.3 is 0 Å². The van der Waals surface area contributed by atoms with Crippen molar-refractivity contribution in [3.05, 3.63) is 11.1 Å². The fraction of sp³-hybridized carbons (Fsp3) is 0.769. The third kappa shape index (κ3) is 4.74. The number of nitrogens with one attached hydrogen (secondary N) is 1. The van der Waals surface area contributed by atoms with Crippen molar-refractivity contribution >= 4 is 17.5 Å². The molecule has 0 bridgehead atoms. The van der Waals surface area contributed by atoms with Crippen LogP contribution >= 0.6 is 11.6 Å². The summed E-state index contributed by atoms with van der Waals surface area (Å²) in [7, 11) is 1.68. The van der Waals surface area contributed by atoms with Crippen LogP contribution < -0.4 is 10.2 Å². The highest BCUT2D eigenvalue weighted by Crippen LogP contribution is 2.16. The maximum Gasteiger partial charge on any atom is 0.230 e. The van der Waals surface area contributed by atoms with Crippen molar-refractivity contribution in [1.29, 1.82) is 0 Å². The molecule has 1 aromatic rings. The fourth-order valence-electron chi connectivity index (χ4n) is 2.19. The van der Waals surface area contributed by atoms with E-state index in [1.54, 1.807) is 7.11 Å². The lowest BCUT2D eigenvalue weighted by molar-refractivity contribution is 0.0980. The molecule has 1 N–H and O–H groups in total. The van der Waals surface area contributed by atoms with Crippen LogP contribution in [-0.2, 0) is 16.0 Å². The summed E-state index contributed by atoms with van der Waals surface area (Å²) >= 11 is 6.02. The standard InChI is InChI=1S/C13H22ClN5O2/c1-9(7-20-3)15-6-11-16-12(14)18-13(17-11)19-4-5-21-8-10(19)2/h9-10,15H,4-8H2,1-3H3/t9-,10-/m0/s1. The molecule has 7 nitrogen and oxygen atoms in total. The summed E-state index contributed by atoms with van der Waals surface area (Å²) in [5, 5.41) is 3.51. The highest BCUT2D eigenvalue weighted by atomic mass is 35.5. The number of methoxy groups -OCH3 is 1. The second kappa shape index (κ2) is 7.84. The molecule has 21 heavy (non-hydrogen) atoms. The number of aromatic nitrogens is 3. The number of anilines is 1. The average Bonchev–Trinajstić information content (AvgIpc) is 2.45. The zero-order valence-corrected chi connectivity index (χ0v) is 13.4. The lowest BCUT2D eigenvalue weighted by atomic mass is 10.3. The summed E-state index contributed by atoms with van der Waals surface area (Å²) in [4.78, 5) is 15.0. The van der Waals surface area contributed by atoms with Gasteiger partial charge in [0.2, 0.25) is 11.2 Å². The molecule has 2 rings (SSSR count). The maximum atomic E-state index is 6.02. The van der Waals surface area contributed by atoms with E-state index in [0.717, 1.165) is 6.54 Å². The van der Waals surface area contributed by atoms with Gasteiger partial charge in [0.15, 0.2) is 0 Å². The summed E-state index contributed by atoms with van der Waals surface area (Å²) in [6.45, 7) is 7.37. The second-order valence-corrected chi connectivity index (χ2v) is 5.51. The third-order valence-corrected chi connectivity index (χ3v) is 3.46. The van der Waals surface area contributed by atoms with Crippen LogP contribution in [-0.4, -0.2) is 60.5 Å². The van der Waals surface area contributed by atoms with Crippen LogP contribution in [0.5, 0.6) is 0 Å².